The van der Waals surface area contributed by atoms with Crippen molar-refractivity contribution in [1.82, 2.24) is 5.32 Å². The fourth-order valence-electron chi connectivity index (χ4n) is 2.74. The van der Waals surface area contributed by atoms with Crippen molar-refractivity contribution in [3.05, 3.63) is 20.8 Å². The van der Waals surface area contributed by atoms with Crippen LogP contribution in [0.1, 0.15) is 30.6 Å². The molecule has 0 radical (unpaired) electrons. The Balaban J connectivity index is 1.45. The third kappa shape index (κ3) is 2.96. The summed E-state index contributed by atoms with van der Waals surface area (Å²) in [6, 6.07) is 4.89. The maximum absolute atomic E-state index is 5.74. The fourth-order valence-corrected chi connectivity index (χ4v) is 4.17. The van der Waals surface area contributed by atoms with Gasteiger partial charge in [-0.25, -0.2) is 0 Å². The van der Waals surface area contributed by atoms with Crippen molar-refractivity contribution < 1.29 is 9.47 Å². The van der Waals surface area contributed by atoms with Gasteiger partial charge in [0.05, 0.1) is 17.0 Å². The molecule has 1 aromatic rings. The minimum Gasteiger partial charge on any atom is -0.348 e. The second-order valence-electron chi connectivity index (χ2n) is 4.97. The Hall–Kier alpha value is 0.0600. The quantitative estimate of drug-likeness (QED) is 0.921. The first kappa shape index (κ1) is 13.1. The highest BCUT2D eigenvalue weighted by molar-refractivity contribution is 9.11. The first-order chi connectivity index (χ1) is 8.76. The summed E-state index contributed by atoms with van der Waals surface area (Å²) in [6.07, 6.45) is 4.34. The molecule has 1 saturated carbocycles. The Morgan fingerprint density at radius 2 is 2.00 bits per heavy atom. The van der Waals surface area contributed by atoms with Gasteiger partial charge in [0, 0.05) is 30.3 Å². The Morgan fingerprint density at radius 3 is 2.61 bits per heavy atom. The van der Waals surface area contributed by atoms with Gasteiger partial charge in [-0.15, -0.1) is 11.3 Å². The van der Waals surface area contributed by atoms with E-state index < -0.39 is 0 Å². The van der Waals surface area contributed by atoms with Crippen LogP contribution in [-0.4, -0.2) is 25.0 Å². The average molecular weight is 332 g/mol. The smallest absolute Gasteiger partial charge is 0.168 e. The fraction of sp³-hybridized carbons (Fsp3) is 0.692. The Bertz CT molecular complexity index is 393. The minimum atomic E-state index is -0.232. The number of hydrogen-bond donors (Lipinski definition) is 1. The van der Waals surface area contributed by atoms with Gasteiger partial charge in [0.1, 0.15) is 0 Å². The zero-order valence-corrected chi connectivity index (χ0v) is 12.7. The lowest BCUT2D eigenvalue weighted by atomic mass is 9.90. The van der Waals surface area contributed by atoms with Crippen LogP contribution in [0.3, 0.4) is 0 Å². The summed E-state index contributed by atoms with van der Waals surface area (Å²) >= 11 is 5.30. The zero-order valence-electron chi connectivity index (χ0n) is 10.3. The van der Waals surface area contributed by atoms with Crippen molar-refractivity contribution >= 4 is 27.3 Å². The SMILES string of the molecule is Brc1ccc(CNC2CCC3(CC2)OCCO3)s1. The predicted octanol–water partition coefficient (Wildman–Crippen LogP) is 3.29. The van der Waals surface area contributed by atoms with Gasteiger partial charge in [-0.1, -0.05) is 0 Å². The highest BCUT2D eigenvalue weighted by atomic mass is 79.9. The molecule has 2 heterocycles. The van der Waals surface area contributed by atoms with Crippen LogP contribution in [-0.2, 0) is 16.0 Å². The molecule has 5 heteroatoms. The second-order valence-corrected chi connectivity index (χ2v) is 7.52. The molecule has 100 valence electrons. The molecule has 1 aromatic heterocycles. The topological polar surface area (TPSA) is 30.5 Å². The molecule has 1 spiro atoms. The van der Waals surface area contributed by atoms with Crippen LogP contribution < -0.4 is 5.32 Å². The molecule has 0 amide bonds. The molecular formula is C13H18BrNO2S. The van der Waals surface area contributed by atoms with Gasteiger partial charge in [0.15, 0.2) is 5.79 Å². The normalized spacial score (nSPS) is 23.8. The molecule has 3 nitrogen and oxygen atoms in total. The zero-order chi connectivity index (χ0) is 12.4. The van der Waals surface area contributed by atoms with E-state index in [4.69, 9.17) is 9.47 Å². The molecule has 2 aliphatic rings. The molecule has 1 aliphatic carbocycles. The summed E-state index contributed by atoms with van der Waals surface area (Å²) < 4.78 is 12.7. The summed E-state index contributed by atoms with van der Waals surface area (Å²) in [5, 5.41) is 3.64. The van der Waals surface area contributed by atoms with E-state index in [0.29, 0.717) is 6.04 Å². The van der Waals surface area contributed by atoms with Crippen LogP contribution in [0, 0.1) is 0 Å². The van der Waals surface area contributed by atoms with Crippen molar-refractivity contribution in [2.45, 2.75) is 44.1 Å². The number of nitrogens with one attached hydrogen (secondary N) is 1. The van der Waals surface area contributed by atoms with Crippen molar-refractivity contribution in [2.24, 2.45) is 0 Å². The number of hydrogen-bond acceptors (Lipinski definition) is 4. The van der Waals surface area contributed by atoms with E-state index in [1.54, 1.807) is 11.3 Å². The Morgan fingerprint density at radius 1 is 1.28 bits per heavy atom. The van der Waals surface area contributed by atoms with Crippen molar-refractivity contribution in [3.63, 3.8) is 0 Å². The van der Waals surface area contributed by atoms with Gasteiger partial charge in [-0.2, -0.15) is 0 Å². The van der Waals surface area contributed by atoms with E-state index in [1.165, 1.54) is 8.66 Å². The van der Waals surface area contributed by atoms with Gasteiger partial charge in [-0.05, 0) is 40.9 Å². The minimum absolute atomic E-state index is 0.232. The molecule has 1 N–H and O–H groups in total. The van der Waals surface area contributed by atoms with Crippen molar-refractivity contribution in [1.29, 1.82) is 0 Å². The number of halogens is 1. The molecule has 0 bridgehead atoms. The molecule has 0 atom stereocenters. The van der Waals surface area contributed by atoms with Gasteiger partial charge in [0.25, 0.3) is 0 Å². The molecule has 0 unspecified atom stereocenters. The second kappa shape index (κ2) is 5.59. The summed E-state index contributed by atoms with van der Waals surface area (Å²) in [5.41, 5.74) is 0. The maximum atomic E-state index is 5.74. The number of rotatable bonds is 3. The standard InChI is InChI=1S/C13H18BrNO2S/c14-12-2-1-11(18-12)9-15-10-3-5-13(6-4-10)16-7-8-17-13/h1-2,10,15H,3-9H2. The van der Waals surface area contributed by atoms with Gasteiger partial charge < -0.3 is 14.8 Å². The van der Waals surface area contributed by atoms with Gasteiger partial charge in [-0.3, -0.25) is 0 Å². The lowest BCUT2D eigenvalue weighted by molar-refractivity contribution is -0.179. The van der Waals surface area contributed by atoms with Gasteiger partial charge in [0.2, 0.25) is 0 Å². The molecule has 1 saturated heterocycles. The Kier molecular flexibility index (Phi) is 4.06. The lowest BCUT2D eigenvalue weighted by Gasteiger charge is -2.35. The maximum Gasteiger partial charge on any atom is 0.168 e. The molecule has 3 rings (SSSR count). The summed E-state index contributed by atoms with van der Waals surface area (Å²) in [7, 11) is 0. The average Bonchev–Trinajstić information content (AvgIpc) is 2.99. The highest BCUT2D eigenvalue weighted by Crippen LogP contribution is 2.35. The van der Waals surface area contributed by atoms with E-state index in [2.05, 4.69) is 33.4 Å². The molecule has 2 fully saturated rings. The highest BCUT2D eigenvalue weighted by Gasteiger charge is 2.40. The monoisotopic (exact) mass is 331 g/mol. The first-order valence-electron chi connectivity index (χ1n) is 6.51. The van der Waals surface area contributed by atoms with Crippen molar-refractivity contribution in [2.75, 3.05) is 13.2 Å². The molecular weight excluding hydrogens is 314 g/mol. The van der Waals surface area contributed by atoms with E-state index in [-0.39, 0.29) is 5.79 Å². The van der Waals surface area contributed by atoms with E-state index in [9.17, 15) is 0 Å². The van der Waals surface area contributed by atoms with Crippen LogP contribution in [0.5, 0.6) is 0 Å². The Labute approximate surface area is 120 Å². The molecule has 1 aliphatic heterocycles. The number of thiophene rings is 1. The van der Waals surface area contributed by atoms with Crippen molar-refractivity contribution in [3.8, 4) is 0 Å². The summed E-state index contributed by atoms with van der Waals surface area (Å²) in [4.78, 5) is 1.38. The van der Waals surface area contributed by atoms with Crippen LogP contribution in [0.15, 0.2) is 15.9 Å². The van der Waals surface area contributed by atoms with Crippen LogP contribution in [0.4, 0.5) is 0 Å². The van der Waals surface area contributed by atoms with E-state index >= 15 is 0 Å². The largest absolute Gasteiger partial charge is 0.348 e. The summed E-state index contributed by atoms with van der Waals surface area (Å²) in [6.45, 7) is 2.50. The lowest BCUT2D eigenvalue weighted by Crippen LogP contribution is -2.41. The summed E-state index contributed by atoms with van der Waals surface area (Å²) in [5.74, 6) is -0.232. The van der Waals surface area contributed by atoms with Crippen LogP contribution >= 0.6 is 27.3 Å². The van der Waals surface area contributed by atoms with E-state index in [0.717, 1.165) is 45.4 Å². The third-order valence-electron chi connectivity index (χ3n) is 3.75. The number of ether oxygens (including phenoxy) is 2. The molecule has 0 aromatic carbocycles. The van der Waals surface area contributed by atoms with E-state index in [1.807, 2.05) is 0 Å². The molecule has 18 heavy (non-hydrogen) atoms. The van der Waals surface area contributed by atoms with Crippen LogP contribution in [0.2, 0.25) is 0 Å². The predicted molar refractivity (Wildman–Crippen MR) is 75.7 cm³/mol. The van der Waals surface area contributed by atoms with Gasteiger partial charge >= 0.3 is 0 Å². The van der Waals surface area contributed by atoms with Crippen LogP contribution in [0.25, 0.3) is 0 Å². The first-order valence-corrected chi connectivity index (χ1v) is 8.12. The third-order valence-corrected chi connectivity index (χ3v) is 5.38.